The Morgan fingerprint density at radius 2 is 1.81 bits per heavy atom. The van der Waals surface area contributed by atoms with Crippen LogP contribution in [0, 0.1) is 6.07 Å². The molecule has 5 nitrogen and oxygen atoms in total. The molecule has 1 saturated heterocycles. The standard InChI is InChI=1S/C19H21F3N5/c1-12-2-4-15-17(12)18(25-11-24-15)27-8-6-26(7-9-27)16-5-3-13(10-14(16)23)19(20,21)22/h3,5,11-12H,2,4,6-9,23H2,1H3/t12-/m1/s1. The zero-order valence-electron chi connectivity index (χ0n) is 15.1. The predicted molar refractivity (Wildman–Crippen MR) is 97.9 cm³/mol. The van der Waals surface area contributed by atoms with Crippen molar-refractivity contribution in [3.63, 3.8) is 0 Å². The van der Waals surface area contributed by atoms with E-state index < -0.39 is 11.7 Å². The van der Waals surface area contributed by atoms with Gasteiger partial charge in [-0.15, -0.1) is 0 Å². The number of halogens is 3. The van der Waals surface area contributed by atoms with E-state index in [0.717, 1.165) is 43.5 Å². The molecule has 1 fully saturated rings. The van der Waals surface area contributed by atoms with Gasteiger partial charge in [0, 0.05) is 43.5 Å². The van der Waals surface area contributed by atoms with Crippen LogP contribution in [0.3, 0.4) is 0 Å². The first-order valence-corrected chi connectivity index (χ1v) is 9.07. The van der Waals surface area contributed by atoms with Crippen molar-refractivity contribution in [3.8, 4) is 0 Å². The Hall–Kier alpha value is -2.51. The number of alkyl halides is 3. The number of hydrogen-bond acceptors (Lipinski definition) is 5. The zero-order chi connectivity index (χ0) is 19.2. The van der Waals surface area contributed by atoms with Gasteiger partial charge in [-0.05, 0) is 30.9 Å². The third-order valence-corrected chi connectivity index (χ3v) is 5.43. The average Bonchev–Trinajstić information content (AvgIpc) is 3.02. The van der Waals surface area contributed by atoms with Crippen LogP contribution in [0.4, 0.5) is 30.4 Å². The minimum absolute atomic E-state index is 0.0369. The Balaban J connectivity index is 1.50. The van der Waals surface area contributed by atoms with Gasteiger partial charge in [-0.3, -0.25) is 0 Å². The van der Waals surface area contributed by atoms with Gasteiger partial charge in [-0.2, -0.15) is 13.2 Å². The fourth-order valence-electron chi connectivity index (χ4n) is 3.98. The van der Waals surface area contributed by atoms with Crippen molar-refractivity contribution in [3.05, 3.63) is 41.3 Å². The van der Waals surface area contributed by atoms with E-state index in [1.165, 1.54) is 11.6 Å². The largest absolute Gasteiger partial charge is 0.417 e. The van der Waals surface area contributed by atoms with Crippen LogP contribution in [-0.2, 0) is 12.6 Å². The quantitative estimate of drug-likeness (QED) is 0.816. The molecular formula is C19H21F3N5. The second kappa shape index (κ2) is 6.58. The molecule has 4 rings (SSSR count). The molecule has 27 heavy (non-hydrogen) atoms. The van der Waals surface area contributed by atoms with Crippen molar-refractivity contribution < 1.29 is 13.2 Å². The van der Waals surface area contributed by atoms with E-state index in [1.54, 1.807) is 6.33 Å². The lowest BCUT2D eigenvalue weighted by Crippen LogP contribution is -2.47. The summed E-state index contributed by atoms with van der Waals surface area (Å²) < 4.78 is 38.4. The molecule has 1 radical (unpaired) electrons. The van der Waals surface area contributed by atoms with Crippen molar-refractivity contribution >= 4 is 17.2 Å². The van der Waals surface area contributed by atoms with Crippen molar-refractivity contribution in [2.75, 3.05) is 41.7 Å². The lowest BCUT2D eigenvalue weighted by molar-refractivity contribution is -0.137. The number of piperazine rings is 1. The number of benzene rings is 1. The third-order valence-electron chi connectivity index (χ3n) is 5.43. The highest BCUT2D eigenvalue weighted by Gasteiger charge is 2.32. The smallest absolute Gasteiger partial charge is 0.397 e. The maximum Gasteiger partial charge on any atom is 0.417 e. The molecule has 143 valence electrons. The van der Waals surface area contributed by atoms with Gasteiger partial charge in [0.15, 0.2) is 0 Å². The number of nitrogen functional groups attached to an aromatic ring is 1. The Labute approximate surface area is 156 Å². The predicted octanol–water partition coefficient (Wildman–Crippen LogP) is 3.25. The van der Waals surface area contributed by atoms with Crippen LogP contribution >= 0.6 is 0 Å². The summed E-state index contributed by atoms with van der Waals surface area (Å²) in [6, 6.07) is 4.75. The van der Waals surface area contributed by atoms with Crippen LogP contribution in [0.2, 0.25) is 0 Å². The normalized spacial score (nSPS) is 20.1. The number of nitrogens with two attached hydrogens (primary N) is 1. The number of anilines is 3. The molecule has 1 atom stereocenters. The first-order valence-electron chi connectivity index (χ1n) is 9.07. The summed E-state index contributed by atoms with van der Waals surface area (Å²) in [7, 11) is 0. The molecular weight excluding hydrogens is 355 g/mol. The molecule has 2 heterocycles. The molecule has 1 aromatic carbocycles. The molecule has 1 aliphatic carbocycles. The van der Waals surface area contributed by atoms with E-state index in [0.29, 0.717) is 24.7 Å². The highest BCUT2D eigenvalue weighted by molar-refractivity contribution is 5.69. The Morgan fingerprint density at radius 1 is 1.11 bits per heavy atom. The molecule has 0 bridgehead atoms. The fraction of sp³-hybridized carbons (Fsp3) is 0.474. The van der Waals surface area contributed by atoms with Crippen LogP contribution in [-0.4, -0.2) is 36.1 Å². The fourth-order valence-corrected chi connectivity index (χ4v) is 3.98. The number of hydrogen-bond donors (Lipinski definition) is 1. The number of rotatable bonds is 2. The molecule has 1 aromatic heterocycles. The summed E-state index contributed by atoms with van der Waals surface area (Å²) in [6.07, 6.45) is -0.723. The van der Waals surface area contributed by atoms with Crippen molar-refractivity contribution in [2.45, 2.75) is 31.9 Å². The SMILES string of the molecule is C[C@@H]1CCc2ncnc(N3CCN(c4ccc(C(F)(F)F)[c]c4N)CC3)c21. The van der Waals surface area contributed by atoms with Gasteiger partial charge in [0.1, 0.15) is 12.1 Å². The summed E-state index contributed by atoms with van der Waals surface area (Å²) in [6.45, 7) is 4.99. The van der Waals surface area contributed by atoms with Crippen molar-refractivity contribution in [1.29, 1.82) is 0 Å². The third kappa shape index (κ3) is 3.28. The van der Waals surface area contributed by atoms with Gasteiger partial charge in [0.25, 0.3) is 0 Å². The van der Waals surface area contributed by atoms with E-state index in [4.69, 9.17) is 5.73 Å². The first kappa shape index (κ1) is 17.9. The minimum atomic E-state index is -4.44. The van der Waals surface area contributed by atoms with Gasteiger partial charge in [0.2, 0.25) is 0 Å². The first-order chi connectivity index (χ1) is 12.8. The lowest BCUT2D eigenvalue weighted by Gasteiger charge is -2.38. The Bertz CT molecular complexity index is 844. The summed E-state index contributed by atoms with van der Waals surface area (Å²) in [5, 5.41) is 0. The molecule has 2 aromatic rings. The molecule has 2 aliphatic rings. The van der Waals surface area contributed by atoms with Gasteiger partial charge in [0.05, 0.1) is 16.9 Å². The van der Waals surface area contributed by atoms with Crippen molar-refractivity contribution in [1.82, 2.24) is 9.97 Å². The van der Waals surface area contributed by atoms with E-state index in [2.05, 4.69) is 27.9 Å². The molecule has 0 amide bonds. The topological polar surface area (TPSA) is 58.3 Å². The summed E-state index contributed by atoms with van der Waals surface area (Å²) in [5.74, 6) is 1.45. The van der Waals surface area contributed by atoms with Gasteiger partial charge in [-0.25, -0.2) is 9.97 Å². The summed E-state index contributed by atoms with van der Waals surface area (Å²) in [5.41, 5.74) is 8.03. The molecule has 0 saturated carbocycles. The maximum atomic E-state index is 12.8. The second-order valence-electron chi connectivity index (χ2n) is 7.14. The molecule has 0 spiro atoms. The van der Waals surface area contributed by atoms with Gasteiger partial charge in [-0.1, -0.05) is 6.92 Å². The number of nitrogens with zero attached hydrogens (tertiary/aromatic N) is 4. The van der Waals surface area contributed by atoms with Crippen LogP contribution < -0.4 is 15.5 Å². The van der Waals surface area contributed by atoms with Crippen LogP contribution in [0.1, 0.15) is 36.1 Å². The lowest BCUT2D eigenvalue weighted by atomic mass is 10.1. The monoisotopic (exact) mass is 376 g/mol. The van der Waals surface area contributed by atoms with E-state index in [1.807, 2.05) is 4.90 Å². The van der Waals surface area contributed by atoms with Crippen LogP contribution in [0.15, 0.2) is 18.5 Å². The molecule has 0 unspecified atom stereocenters. The van der Waals surface area contributed by atoms with Crippen molar-refractivity contribution in [2.24, 2.45) is 0 Å². The van der Waals surface area contributed by atoms with E-state index >= 15 is 0 Å². The Kier molecular flexibility index (Phi) is 4.36. The molecule has 1 aliphatic heterocycles. The van der Waals surface area contributed by atoms with E-state index in [9.17, 15) is 13.2 Å². The van der Waals surface area contributed by atoms with E-state index in [-0.39, 0.29) is 5.69 Å². The molecule has 2 N–H and O–H groups in total. The molecule has 8 heteroatoms. The van der Waals surface area contributed by atoms with Crippen LogP contribution in [0.5, 0.6) is 0 Å². The number of aromatic nitrogens is 2. The number of aryl methyl sites for hydroxylation is 1. The zero-order valence-corrected chi connectivity index (χ0v) is 15.1. The van der Waals surface area contributed by atoms with Crippen LogP contribution in [0.25, 0.3) is 0 Å². The maximum absolute atomic E-state index is 12.8. The number of fused-ring (bicyclic) bond motifs is 1. The van der Waals surface area contributed by atoms with Gasteiger partial charge < -0.3 is 15.5 Å². The average molecular weight is 376 g/mol. The van der Waals surface area contributed by atoms with Gasteiger partial charge >= 0.3 is 6.18 Å². The summed E-state index contributed by atoms with van der Waals surface area (Å²) >= 11 is 0. The Morgan fingerprint density at radius 3 is 2.48 bits per heavy atom. The minimum Gasteiger partial charge on any atom is -0.397 e. The second-order valence-corrected chi connectivity index (χ2v) is 7.14. The highest BCUT2D eigenvalue weighted by atomic mass is 19.4. The summed E-state index contributed by atoms with van der Waals surface area (Å²) in [4.78, 5) is 13.2. The highest BCUT2D eigenvalue weighted by Crippen LogP contribution is 2.38.